The second-order valence-corrected chi connectivity index (χ2v) is 5.79. The van der Waals surface area contributed by atoms with E-state index in [2.05, 4.69) is 17.0 Å². The number of esters is 1. The van der Waals surface area contributed by atoms with Gasteiger partial charge in [-0.15, -0.1) is 0 Å². The summed E-state index contributed by atoms with van der Waals surface area (Å²) in [6.07, 6.45) is 5.52. The Kier molecular flexibility index (Phi) is 3.56. The Morgan fingerprint density at radius 3 is 2.42 bits per heavy atom. The van der Waals surface area contributed by atoms with Crippen molar-refractivity contribution in [3.05, 3.63) is 35.4 Å². The standard InChI is InChI=1S/C16H21NO2/c1-19-16(18)14-6-4-13(5-7-14)11-17(15-8-9-15)10-12-2-3-12/h4-7,12,15H,2-3,8-11H2,1H3. The summed E-state index contributed by atoms with van der Waals surface area (Å²) in [6, 6.07) is 8.64. The van der Waals surface area contributed by atoms with E-state index in [0.29, 0.717) is 5.56 Å². The van der Waals surface area contributed by atoms with Crippen LogP contribution in [0.1, 0.15) is 41.6 Å². The molecule has 0 unspecified atom stereocenters. The molecule has 0 radical (unpaired) electrons. The van der Waals surface area contributed by atoms with E-state index in [9.17, 15) is 4.79 Å². The molecule has 3 nitrogen and oxygen atoms in total. The molecule has 0 atom stereocenters. The number of hydrogen-bond acceptors (Lipinski definition) is 3. The Morgan fingerprint density at radius 2 is 1.89 bits per heavy atom. The highest BCUT2D eigenvalue weighted by Gasteiger charge is 2.33. The summed E-state index contributed by atoms with van der Waals surface area (Å²) < 4.78 is 4.72. The van der Waals surface area contributed by atoms with Crippen LogP contribution in [0.15, 0.2) is 24.3 Å². The van der Waals surface area contributed by atoms with Crippen molar-refractivity contribution < 1.29 is 9.53 Å². The molecule has 102 valence electrons. The van der Waals surface area contributed by atoms with Crippen LogP contribution in [0, 0.1) is 5.92 Å². The Hall–Kier alpha value is -1.35. The molecule has 0 saturated heterocycles. The fourth-order valence-corrected chi connectivity index (χ4v) is 2.51. The van der Waals surface area contributed by atoms with Crippen LogP contribution in [-0.4, -0.2) is 30.6 Å². The van der Waals surface area contributed by atoms with E-state index in [1.54, 1.807) is 0 Å². The highest BCUT2D eigenvalue weighted by Crippen LogP contribution is 2.35. The van der Waals surface area contributed by atoms with Crippen LogP contribution in [0.3, 0.4) is 0 Å². The predicted molar refractivity (Wildman–Crippen MR) is 73.9 cm³/mol. The van der Waals surface area contributed by atoms with E-state index in [1.807, 2.05) is 12.1 Å². The van der Waals surface area contributed by atoms with Crippen LogP contribution in [0.5, 0.6) is 0 Å². The maximum Gasteiger partial charge on any atom is 0.337 e. The van der Waals surface area contributed by atoms with E-state index in [-0.39, 0.29) is 5.97 Å². The van der Waals surface area contributed by atoms with Crippen molar-refractivity contribution in [1.82, 2.24) is 4.90 Å². The zero-order valence-electron chi connectivity index (χ0n) is 11.5. The van der Waals surface area contributed by atoms with Crippen LogP contribution in [0.25, 0.3) is 0 Å². The summed E-state index contributed by atoms with van der Waals surface area (Å²) in [4.78, 5) is 14.0. The molecule has 0 heterocycles. The van der Waals surface area contributed by atoms with Gasteiger partial charge in [-0.05, 0) is 49.3 Å². The van der Waals surface area contributed by atoms with Gasteiger partial charge < -0.3 is 4.74 Å². The van der Waals surface area contributed by atoms with Crippen molar-refractivity contribution in [1.29, 1.82) is 0 Å². The summed E-state index contributed by atoms with van der Waals surface area (Å²) in [5.74, 6) is 0.679. The maximum atomic E-state index is 11.4. The van der Waals surface area contributed by atoms with Gasteiger partial charge in [-0.1, -0.05) is 12.1 Å². The molecular weight excluding hydrogens is 238 g/mol. The lowest BCUT2D eigenvalue weighted by molar-refractivity contribution is 0.0600. The summed E-state index contributed by atoms with van der Waals surface area (Å²) in [5.41, 5.74) is 1.92. The first-order valence-corrected chi connectivity index (χ1v) is 7.17. The number of rotatable bonds is 6. The minimum atomic E-state index is -0.261. The fraction of sp³-hybridized carbons (Fsp3) is 0.562. The highest BCUT2D eigenvalue weighted by molar-refractivity contribution is 5.89. The molecule has 0 amide bonds. The number of methoxy groups -OCH3 is 1. The third kappa shape index (κ3) is 3.35. The van der Waals surface area contributed by atoms with Crippen molar-refractivity contribution in [2.45, 2.75) is 38.3 Å². The SMILES string of the molecule is COC(=O)c1ccc(CN(CC2CC2)C2CC2)cc1. The topological polar surface area (TPSA) is 29.5 Å². The molecule has 0 bridgehead atoms. The first-order valence-electron chi connectivity index (χ1n) is 7.17. The lowest BCUT2D eigenvalue weighted by Crippen LogP contribution is -2.27. The molecule has 1 aromatic carbocycles. The first-order chi connectivity index (χ1) is 9.26. The quantitative estimate of drug-likeness (QED) is 0.736. The molecule has 0 aliphatic heterocycles. The average Bonchev–Trinajstić information content (AvgIpc) is 3.29. The van der Waals surface area contributed by atoms with Crippen LogP contribution in [0.2, 0.25) is 0 Å². The Bertz CT molecular complexity index is 446. The summed E-state index contributed by atoms with van der Waals surface area (Å²) in [6.45, 7) is 2.27. The Balaban J connectivity index is 1.62. The molecule has 2 aliphatic rings. The van der Waals surface area contributed by atoms with Crippen molar-refractivity contribution >= 4 is 5.97 Å². The largest absolute Gasteiger partial charge is 0.465 e. The summed E-state index contributed by atoms with van der Waals surface area (Å²) >= 11 is 0. The fourth-order valence-electron chi connectivity index (χ4n) is 2.51. The second kappa shape index (κ2) is 5.33. The number of hydrogen-bond donors (Lipinski definition) is 0. The van der Waals surface area contributed by atoms with E-state index in [1.165, 1.54) is 44.9 Å². The molecule has 2 aliphatic carbocycles. The van der Waals surface area contributed by atoms with E-state index < -0.39 is 0 Å². The van der Waals surface area contributed by atoms with Crippen molar-refractivity contribution in [2.75, 3.05) is 13.7 Å². The van der Waals surface area contributed by atoms with Gasteiger partial charge >= 0.3 is 5.97 Å². The van der Waals surface area contributed by atoms with Crippen LogP contribution >= 0.6 is 0 Å². The van der Waals surface area contributed by atoms with Gasteiger partial charge in [-0.3, -0.25) is 4.90 Å². The lowest BCUT2D eigenvalue weighted by Gasteiger charge is -2.22. The zero-order valence-corrected chi connectivity index (χ0v) is 11.5. The Morgan fingerprint density at radius 1 is 1.21 bits per heavy atom. The first kappa shape index (κ1) is 12.7. The normalized spacial score (nSPS) is 18.6. The Labute approximate surface area is 114 Å². The number of carbonyl (C=O) groups is 1. The van der Waals surface area contributed by atoms with Gasteiger partial charge in [0.25, 0.3) is 0 Å². The molecule has 2 saturated carbocycles. The average molecular weight is 259 g/mol. The van der Waals surface area contributed by atoms with Gasteiger partial charge in [-0.2, -0.15) is 0 Å². The minimum Gasteiger partial charge on any atom is -0.465 e. The van der Waals surface area contributed by atoms with Gasteiger partial charge in [0, 0.05) is 19.1 Å². The van der Waals surface area contributed by atoms with Gasteiger partial charge in [0.2, 0.25) is 0 Å². The molecule has 2 fully saturated rings. The zero-order chi connectivity index (χ0) is 13.2. The van der Waals surface area contributed by atoms with Crippen molar-refractivity contribution in [2.24, 2.45) is 5.92 Å². The molecule has 0 spiro atoms. The van der Waals surface area contributed by atoms with Crippen LogP contribution < -0.4 is 0 Å². The van der Waals surface area contributed by atoms with Crippen molar-refractivity contribution in [3.8, 4) is 0 Å². The van der Waals surface area contributed by atoms with Crippen LogP contribution in [0.4, 0.5) is 0 Å². The third-order valence-electron chi connectivity index (χ3n) is 4.01. The van der Waals surface area contributed by atoms with E-state index in [0.717, 1.165) is 18.5 Å². The van der Waals surface area contributed by atoms with Gasteiger partial charge in [-0.25, -0.2) is 4.79 Å². The van der Waals surface area contributed by atoms with E-state index in [4.69, 9.17) is 4.74 Å². The van der Waals surface area contributed by atoms with Gasteiger partial charge in [0.15, 0.2) is 0 Å². The molecular formula is C16H21NO2. The van der Waals surface area contributed by atoms with Gasteiger partial charge in [0.1, 0.15) is 0 Å². The van der Waals surface area contributed by atoms with Gasteiger partial charge in [0.05, 0.1) is 12.7 Å². The van der Waals surface area contributed by atoms with Crippen LogP contribution in [-0.2, 0) is 11.3 Å². The monoisotopic (exact) mass is 259 g/mol. The molecule has 1 aromatic rings. The molecule has 0 N–H and O–H groups in total. The summed E-state index contributed by atoms with van der Waals surface area (Å²) in [7, 11) is 1.42. The van der Waals surface area contributed by atoms with E-state index >= 15 is 0 Å². The molecule has 3 heteroatoms. The lowest BCUT2D eigenvalue weighted by atomic mass is 10.1. The molecule has 0 aromatic heterocycles. The summed E-state index contributed by atoms with van der Waals surface area (Å²) in [5, 5.41) is 0. The highest BCUT2D eigenvalue weighted by atomic mass is 16.5. The smallest absolute Gasteiger partial charge is 0.337 e. The third-order valence-corrected chi connectivity index (χ3v) is 4.01. The number of carbonyl (C=O) groups excluding carboxylic acids is 1. The predicted octanol–water partition coefficient (Wildman–Crippen LogP) is 2.85. The number of nitrogens with zero attached hydrogens (tertiary/aromatic N) is 1. The minimum absolute atomic E-state index is 0.261. The maximum absolute atomic E-state index is 11.4. The molecule has 19 heavy (non-hydrogen) atoms. The number of ether oxygens (including phenoxy) is 1. The number of benzene rings is 1. The van der Waals surface area contributed by atoms with Crippen molar-refractivity contribution in [3.63, 3.8) is 0 Å². The second-order valence-electron chi connectivity index (χ2n) is 5.79. The molecule has 3 rings (SSSR count).